The smallest absolute Gasteiger partial charge is 0.209 e. The van der Waals surface area contributed by atoms with Gasteiger partial charge in [-0.15, -0.1) is 0 Å². The molecule has 2 aromatic rings. The van der Waals surface area contributed by atoms with Crippen molar-refractivity contribution >= 4 is 22.9 Å². The molecule has 5 N–H and O–H groups in total. The highest BCUT2D eigenvalue weighted by Gasteiger charge is 2.76. The Kier molecular flexibility index (Phi) is 8.91. The highest BCUT2D eigenvalue weighted by molar-refractivity contribution is 6.25. The fourth-order valence-electron chi connectivity index (χ4n) is 9.98. The SMILES string of the molecule is CCC(CC)c1ccc(C2=CCC(Cc3ccc4c(c3O)C(=O)C3=C(O)[C@@]5(O)C(=O)C(C(C)=O)=C(O)C(C(C)C)[C@@]5(C)[C@H](O)[C@@]3(C)[C@@H]4C)=C2)cc1. The van der Waals surface area contributed by atoms with Crippen LogP contribution in [0.2, 0.25) is 0 Å². The molecule has 0 aromatic heterocycles. The third kappa shape index (κ3) is 4.82. The van der Waals surface area contributed by atoms with Gasteiger partial charge in [-0.05, 0) is 78.2 Å². The van der Waals surface area contributed by atoms with E-state index in [1.165, 1.54) is 12.5 Å². The van der Waals surface area contributed by atoms with Crippen LogP contribution >= 0.6 is 0 Å². The third-order valence-electron chi connectivity index (χ3n) is 13.0. The molecular formula is C43H50O8. The lowest BCUT2D eigenvalue weighted by Gasteiger charge is -2.63. The Labute approximate surface area is 299 Å². The Hall–Kier alpha value is -4.27. The molecule has 0 aliphatic heterocycles. The average Bonchev–Trinajstić information content (AvgIpc) is 3.55. The molecule has 0 saturated carbocycles. The molecule has 270 valence electrons. The summed E-state index contributed by atoms with van der Waals surface area (Å²) < 4.78 is 0. The molecular weight excluding hydrogens is 644 g/mol. The van der Waals surface area contributed by atoms with Crippen LogP contribution in [0.1, 0.15) is 119 Å². The summed E-state index contributed by atoms with van der Waals surface area (Å²) in [6.45, 7) is 13.7. The lowest BCUT2D eigenvalue weighted by Crippen LogP contribution is -2.73. The first-order valence-corrected chi connectivity index (χ1v) is 18.1. The zero-order valence-electron chi connectivity index (χ0n) is 30.8. The summed E-state index contributed by atoms with van der Waals surface area (Å²) >= 11 is 0. The van der Waals surface area contributed by atoms with E-state index in [1.807, 2.05) is 0 Å². The summed E-state index contributed by atoms with van der Waals surface area (Å²) in [6.07, 6.45) is 5.80. The van der Waals surface area contributed by atoms with Crippen molar-refractivity contribution in [2.75, 3.05) is 0 Å². The predicted octanol–water partition coefficient (Wildman–Crippen LogP) is 7.74. The largest absolute Gasteiger partial charge is 0.511 e. The summed E-state index contributed by atoms with van der Waals surface area (Å²) in [5, 5.41) is 59.9. The van der Waals surface area contributed by atoms with E-state index in [0.717, 1.165) is 36.5 Å². The number of allylic oxidation sites excluding steroid dienone is 5. The standard InChI is InChI=1S/C43H50O8/c1-9-25(10-2)26-13-15-27(16-14-26)28-12-11-24(19-28)20-29-17-18-30-22(5)41(7)34(37(47)32(30)35(29)45)39(49)43(51)38(48)31(23(6)44)36(46)33(21(3)4)42(43,8)40(41)50/h12-19,21-22,25,33,40,45-46,49-51H,9-11,20H2,1-8H3/t22-,33?,40-,41+,42+,43+/m1/s1. The van der Waals surface area contributed by atoms with E-state index in [1.54, 1.807) is 39.8 Å². The molecule has 4 aliphatic rings. The second-order valence-corrected chi connectivity index (χ2v) is 15.8. The number of carbonyl (C=O) groups excluding carboxylic acids is 3. The van der Waals surface area contributed by atoms with Gasteiger partial charge in [0.2, 0.25) is 5.78 Å². The van der Waals surface area contributed by atoms with Crippen LogP contribution in [-0.2, 0) is 16.0 Å². The number of hydrogen-bond donors (Lipinski definition) is 5. The minimum absolute atomic E-state index is 0.0592. The second-order valence-electron chi connectivity index (χ2n) is 15.8. The number of Topliss-reactive ketones (excluding diaryl/α,β-unsaturated/α-hetero) is 3. The van der Waals surface area contributed by atoms with Crippen molar-refractivity contribution in [1.29, 1.82) is 0 Å². The number of ketones is 3. The van der Waals surface area contributed by atoms with Gasteiger partial charge in [0.05, 0.1) is 17.2 Å². The van der Waals surface area contributed by atoms with Crippen molar-refractivity contribution in [2.24, 2.45) is 22.7 Å². The van der Waals surface area contributed by atoms with Crippen molar-refractivity contribution in [3.05, 3.63) is 105 Å². The molecule has 0 fully saturated rings. The molecule has 8 nitrogen and oxygen atoms in total. The molecule has 8 heteroatoms. The zero-order chi connectivity index (χ0) is 37.5. The van der Waals surface area contributed by atoms with Crippen molar-refractivity contribution in [3.63, 3.8) is 0 Å². The van der Waals surface area contributed by atoms with Gasteiger partial charge in [-0.2, -0.15) is 0 Å². The van der Waals surface area contributed by atoms with Gasteiger partial charge >= 0.3 is 0 Å². The molecule has 0 heterocycles. The number of benzene rings is 2. The van der Waals surface area contributed by atoms with Crippen molar-refractivity contribution in [3.8, 4) is 5.75 Å². The molecule has 0 amide bonds. The van der Waals surface area contributed by atoms with E-state index in [2.05, 4.69) is 50.3 Å². The molecule has 51 heavy (non-hydrogen) atoms. The molecule has 0 saturated heterocycles. The molecule has 0 spiro atoms. The Balaban J connectivity index is 1.41. The molecule has 4 aliphatic carbocycles. The van der Waals surface area contributed by atoms with Crippen LogP contribution in [0.3, 0.4) is 0 Å². The van der Waals surface area contributed by atoms with Crippen molar-refractivity contribution < 1.29 is 39.9 Å². The van der Waals surface area contributed by atoms with E-state index < -0.39 is 74.7 Å². The van der Waals surface area contributed by atoms with Crippen LogP contribution < -0.4 is 0 Å². The monoisotopic (exact) mass is 694 g/mol. The Morgan fingerprint density at radius 1 is 0.980 bits per heavy atom. The van der Waals surface area contributed by atoms with Gasteiger partial charge in [0.1, 0.15) is 22.8 Å². The van der Waals surface area contributed by atoms with Gasteiger partial charge in [0.15, 0.2) is 17.2 Å². The van der Waals surface area contributed by atoms with E-state index in [9.17, 15) is 39.9 Å². The summed E-state index contributed by atoms with van der Waals surface area (Å²) in [6, 6.07) is 12.2. The Morgan fingerprint density at radius 2 is 1.61 bits per heavy atom. The van der Waals surface area contributed by atoms with Crippen LogP contribution in [0.4, 0.5) is 0 Å². The van der Waals surface area contributed by atoms with Crippen LogP contribution in [0, 0.1) is 22.7 Å². The number of aliphatic hydroxyl groups is 4. The van der Waals surface area contributed by atoms with Crippen molar-refractivity contribution in [2.45, 2.75) is 105 Å². The highest BCUT2D eigenvalue weighted by atomic mass is 16.4. The summed E-state index contributed by atoms with van der Waals surface area (Å²) in [4.78, 5) is 41.3. The first-order chi connectivity index (χ1) is 23.9. The number of phenolic OH excluding ortho intramolecular Hbond substituents is 1. The van der Waals surface area contributed by atoms with Gasteiger partial charge in [0.25, 0.3) is 0 Å². The highest BCUT2D eigenvalue weighted by Crippen LogP contribution is 2.67. The molecule has 0 bridgehead atoms. The van der Waals surface area contributed by atoms with E-state index >= 15 is 0 Å². The maximum absolute atomic E-state index is 14.6. The first-order valence-electron chi connectivity index (χ1n) is 18.1. The molecule has 2 aromatic carbocycles. The minimum atomic E-state index is -2.91. The molecule has 6 atom stereocenters. The number of rotatable bonds is 8. The summed E-state index contributed by atoms with van der Waals surface area (Å²) in [7, 11) is 0. The van der Waals surface area contributed by atoms with E-state index in [0.29, 0.717) is 29.9 Å². The fourth-order valence-corrected chi connectivity index (χ4v) is 9.98. The lowest BCUT2D eigenvalue weighted by molar-refractivity contribution is -0.211. The Bertz CT molecular complexity index is 1970. The Morgan fingerprint density at radius 3 is 2.18 bits per heavy atom. The van der Waals surface area contributed by atoms with Crippen LogP contribution in [0.25, 0.3) is 5.57 Å². The quantitative estimate of drug-likeness (QED) is 0.176. The number of fused-ring (bicyclic) bond motifs is 3. The number of hydrogen-bond acceptors (Lipinski definition) is 8. The second kappa shape index (κ2) is 12.4. The number of phenols is 1. The average molecular weight is 695 g/mol. The number of aliphatic hydroxyl groups excluding tert-OH is 3. The van der Waals surface area contributed by atoms with E-state index in [-0.39, 0.29) is 16.9 Å². The van der Waals surface area contributed by atoms with Gasteiger partial charge in [-0.25, -0.2) is 0 Å². The van der Waals surface area contributed by atoms with Gasteiger partial charge < -0.3 is 25.5 Å². The first kappa shape index (κ1) is 36.5. The predicted molar refractivity (Wildman–Crippen MR) is 195 cm³/mol. The molecule has 6 rings (SSSR count). The minimum Gasteiger partial charge on any atom is -0.511 e. The van der Waals surface area contributed by atoms with Crippen molar-refractivity contribution in [1.82, 2.24) is 0 Å². The van der Waals surface area contributed by atoms with Gasteiger partial charge in [0, 0.05) is 16.7 Å². The van der Waals surface area contributed by atoms with Gasteiger partial charge in [-0.1, -0.05) is 103 Å². The molecule has 1 unspecified atom stereocenters. The van der Waals surface area contributed by atoms with Crippen LogP contribution in [-0.4, -0.2) is 54.6 Å². The van der Waals surface area contributed by atoms with Gasteiger partial charge in [-0.3, -0.25) is 14.4 Å². The fraction of sp³-hybridized carbons (Fsp3) is 0.465. The zero-order valence-corrected chi connectivity index (χ0v) is 30.8. The number of aromatic hydroxyl groups is 1. The van der Waals surface area contributed by atoms with E-state index in [4.69, 9.17) is 0 Å². The van der Waals surface area contributed by atoms with Crippen LogP contribution in [0.5, 0.6) is 5.75 Å². The summed E-state index contributed by atoms with van der Waals surface area (Å²) in [5.74, 6) is -6.47. The maximum atomic E-state index is 14.6. The van der Waals surface area contributed by atoms with Crippen LogP contribution in [0.15, 0.2) is 76.8 Å². The molecule has 0 radical (unpaired) electrons. The topological polar surface area (TPSA) is 152 Å². The lowest BCUT2D eigenvalue weighted by atomic mass is 9.41. The normalized spacial score (nSPS) is 30.4. The number of carbonyl (C=O) groups is 3. The maximum Gasteiger partial charge on any atom is 0.209 e. The third-order valence-corrected chi connectivity index (χ3v) is 13.0. The summed E-state index contributed by atoms with van der Waals surface area (Å²) in [5.41, 5.74) is -2.00.